The number of carbonyl (C=O) groups is 2. The zero-order valence-electron chi connectivity index (χ0n) is 19.4. The predicted molar refractivity (Wildman–Crippen MR) is 131 cm³/mol. The maximum atomic E-state index is 12.8. The summed E-state index contributed by atoms with van der Waals surface area (Å²) >= 11 is 0. The lowest BCUT2D eigenvalue weighted by molar-refractivity contribution is -0.136. The van der Waals surface area contributed by atoms with E-state index in [0.29, 0.717) is 22.6 Å². The molecule has 0 saturated carbocycles. The molecule has 7 heteroatoms. The van der Waals surface area contributed by atoms with Crippen LogP contribution >= 0.6 is 0 Å². The molecule has 1 aliphatic rings. The van der Waals surface area contributed by atoms with E-state index in [4.69, 9.17) is 9.47 Å². The van der Waals surface area contributed by atoms with Crippen molar-refractivity contribution in [2.24, 2.45) is 0 Å². The van der Waals surface area contributed by atoms with Crippen LogP contribution in [0.25, 0.3) is 5.70 Å². The Morgan fingerprint density at radius 3 is 2.24 bits per heavy atom. The molecule has 0 bridgehead atoms. The number of carbonyl (C=O) groups excluding carboxylic acids is 2. The zero-order chi connectivity index (χ0) is 24.1. The van der Waals surface area contributed by atoms with Crippen LogP contribution in [0.2, 0.25) is 0 Å². The van der Waals surface area contributed by atoms with Crippen LogP contribution in [0.15, 0.2) is 84.4 Å². The number of hydrogen-bond acceptors (Lipinski definition) is 5. The summed E-state index contributed by atoms with van der Waals surface area (Å²) in [7, 11) is 4.93. The van der Waals surface area contributed by atoms with E-state index in [1.165, 1.54) is 12.7 Å². The van der Waals surface area contributed by atoms with Crippen molar-refractivity contribution in [3.05, 3.63) is 101 Å². The minimum atomic E-state index is -0.660. The summed E-state index contributed by atoms with van der Waals surface area (Å²) < 4.78 is 10.3. The van der Waals surface area contributed by atoms with Gasteiger partial charge in [0.15, 0.2) is 0 Å². The second-order valence-electron chi connectivity index (χ2n) is 7.97. The van der Waals surface area contributed by atoms with Crippen molar-refractivity contribution in [2.75, 3.05) is 26.2 Å². The molecule has 2 N–H and O–H groups in total. The van der Waals surface area contributed by atoms with Gasteiger partial charge >= 0.3 is 12.0 Å². The number of urea groups is 1. The number of methoxy groups -OCH3 is 2. The largest absolute Gasteiger partial charge is 0.497 e. The van der Waals surface area contributed by atoms with Gasteiger partial charge in [-0.3, -0.25) is 0 Å². The molecule has 0 fully saturated rings. The second-order valence-corrected chi connectivity index (χ2v) is 7.97. The quantitative estimate of drug-likeness (QED) is 0.518. The Labute approximate surface area is 199 Å². The fourth-order valence-electron chi connectivity index (χ4n) is 4.00. The van der Waals surface area contributed by atoms with E-state index in [1.54, 1.807) is 31.4 Å². The molecule has 0 aliphatic carbocycles. The van der Waals surface area contributed by atoms with Gasteiger partial charge in [-0.1, -0.05) is 42.5 Å². The predicted octanol–water partition coefficient (Wildman–Crippen LogP) is 4.27. The minimum absolute atomic E-state index is 0.331. The fourth-order valence-corrected chi connectivity index (χ4v) is 4.00. The maximum absolute atomic E-state index is 12.8. The second kappa shape index (κ2) is 10.1. The van der Waals surface area contributed by atoms with Crippen molar-refractivity contribution in [3.8, 4) is 5.75 Å². The van der Waals surface area contributed by atoms with E-state index in [0.717, 1.165) is 17.8 Å². The van der Waals surface area contributed by atoms with Crippen molar-refractivity contribution < 1.29 is 19.1 Å². The first kappa shape index (κ1) is 22.9. The van der Waals surface area contributed by atoms with Crippen molar-refractivity contribution in [1.29, 1.82) is 0 Å². The highest BCUT2D eigenvalue weighted by molar-refractivity contribution is 6.04. The lowest BCUT2D eigenvalue weighted by Crippen LogP contribution is -2.45. The van der Waals surface area contributed by atoms with Crippen LogP contribution in [0, 0.1) is 0 Å². The highest BCUT2D eigenvalue weighted by atomic mass is 16.5. The molecule has 1 heterocycles. The van der Waals surface area contributed by atoms with Crippen molar-refractivity contribution in [1.82, 2.24) is 10.6 Å². The van der Waals surface area contributed by atoms with E-state index < -0.39 is 18.0 Å². The number of amides is 2. The molecule has 3 aromatic carbocycles. The van der Waals surface area contributed by atoms with E-state index >= 15 is 0 Å². The third-order valence-electron chi connectivity index (χ3n) is 5.79. The average Bonchev–Trinajstić information content (AvgIpc) is 2.88. The molecule has 2 amide bonds. The van der Waals surface area contributed by atoms with E-state index in [1.807, 2.05) is 49.5 Å². The first-order valence-corrected chi connectivity index (χ1v) is 10.9. The average molecular weight is 458 g/mol. The number of hydrogen-bond donors (Lipinski definition) is 2. The van der Waals surface area contributed by atoms with Crippen molar-refractivity contribution in [2.45, 2.75) is 12.6 Å². The summed E-state index contributed by atoms with van der Waals surface area (Å²) in [4.78, 5) is 27.5. The molecule has 1 atom stereocenters. The Hall–Kier alpha value is -4.26. The summed E-state index contributed by atoms with van der Waals surface area (Å²) in [5, 5.41) is 5.63. The van der Waals surface area contributed by atoms with E-state index in [-0.39, 0.29) is 0 Å². The number of ether oxygens (including phenoxy) is 2. The number of nitrogens with zero attached hydrogens (tertiary/aromatic N) is 1. The van der Waals surface area contributed by atoms with Gasteiger partial charge in [-0.15, -0.1) is 0 Å². The van der Waals surface area contributed by atoms with Gasteiger partial charge in [0.2, 0.25) is 0 Å². The molecule has 7 nitrogen and oxygen atoms in total. The van der Waals surface area contributed by atoms with Crippen LogP contribution in [-0.2, 0) is 16.1 Å². The standard InChI is InChI=1S/C27H27N3O4/c1-30(17-18-7-5-4-6-8-18)21-13-9-19(10-14-21)24-23(26(31)34-3)25(29-27(32)28-24)20-11-15-22(33-2)16-12-20/h4-16,24H,17H2,1-3H3,(H2,28,29,32). The summed E-state index contributed by atoms with van der Waals surface area (Å²) in [6, 6.07) is 24.1. The van der Waals surface area contributed by atoms with Gasteiger partial charge in [-0.25, -0.2) is 9.59 Å². The molecular formula is C27H27N3O4. The number of rotatable bonds is 7. The van der Waals surface area contributed by atoms with Crippen LogP contribution in [-0.4, -0.2) is 33.3 Å². The van der Waals surface area contributed by atoms with Crippen molar-refractivity contribution in [3.63, 3.8) is 0 Å². The van der Waals surface area contributed by atoms with Gasteiger partial charge in [-0.05, 0) is 53.1 Å². The molecule has 4 rings (SSSR count). The van der Waals surface area contributed by atoms with Gasteiger partial charge in [0, 0.05) is 19.3 Å². The molecule has 1 unspecified atom stereocenters. The molecule has 0 spiro atoms. The Kier molecular flexibility index (Phi) is 6.82. The topological polar surface area (TPSA) is 79.9 Å². The van der Waals surface area contributed by atoms with Gasteiger partial charge in [0.1, 0.15) is 5.75 Å². The minimum Gasteiger partial charge on any atom is -0.497 e. The van der Waals surface area contributed by atoms with Crippen LogP contribution in [0.3, 0.4) is 0 Å². The summed E-state index contributed by atoms with van der Waals surface area (Å²) in [5.74, 6) is 0.157. The number of benzene rings is 3. The fraction of sp³-hybridized carbons (Fsp3) is 0.185. The van der Waals surface area contributed by atoms with Crippen LogP contribution < -0.4 is 20.3 Å². The lowest BCUT2D eigenvalue weighted by Gasteiger charge is -2.29. The molecule has 174 valence electrons. The molecule has 1 aliphatic heterocycles. The Bertz CT molecular complexity index is 1190. The Morgan fingerprint density at radius 1 is 0.941 bits per heavy atom. The number of esters is 1. The molecule has 0 aromatic heterocycles. The monoisotopic (exact) mass is 457 g/mol. The van der Waals surface area contributed by atoms with Gasteiger partial charge in [0.05, 0.1) is 31.5 Å². The third-order valence-corrected chi connectivity index (χ3v) is 5.79. The lowest BCUT2D eigenvalue weighted by atomic mass is 9.92. The van der Waals surface area contributed by atoms with Gasteiger partial charge < -0.3 is 25.0 Å². The van der Waals surface area contributed by atoms with Crippen molar-refractivity contribution >= 4 is 23.4 Å². The SMILES string of the molecule is COC(=O)C1=C(c2ccc(OC)cc2)NC(=O)NC1c1ccc(N(C)Cc2ccccc2)cc1. The molecule has 3 aromatic rings. The van der Waals surface area contributed by atoms with Crippen LogP contribution in [0.4, 0.5) is 10.5 Å². The van der Waals surface area contributed by atoms with Crippen LogP contribution in [0.1, 0.15) is 22.7 Å². The Balaban J connectivity index is 1.67. The van der Waals surface area contributed by atoms with E-state index in [2.05, 4.69) is 27.7 Å². The summed E-state index contributed by atoms with van der Waals surface area (Å²) in [6.45, 7) is 0.763. The first-order chi connectivity index (χ1) is 16.5. The highest BCUT2D eigenvalue weighted by Crippen LogP contribution is 2.33. The first-order valence-electron chi connectivity index (χ1n) is 10.9. The molecule has 34 heavy (non-hydrogen) atoms. The number of anilines is 1. The molecular weight excluding hydrogens is 430 g/mol. The van der Waals surface area contributed by atoms with Gasteiger partial charge in [-0.2, -0.15) is 0 Å². The maximum Gasteiger partial charge on any atom is 0.338 e. The van der Waals surface area contributed by atoms with Crippen LogP contribution in [0.5, 0.6) is 5.75 Å². The Morgan fingerprint density at radius 2 is 1.62 bits per heavy atom. The summed E-state index contributed by atoms with van der Waals surface area (Å²) in [6.07, 6.45) is 0. The smallest absolute Gasteiger partial charge is 0.338 e. The highest BCUT2D eigenvalue weighted by Gasteiger charge is 2.34. The third kappa shape index (κ3) is 4.88. The normalized spacial score (nSPS) is 15.3. The van der Waals surface area contributed by atoms with E-state index in [9.17, 15) is 9.59 Å². The molecule has 0 radical (unpaired) electrons. The number of nitrogens with one attached hydrogen (secondary N) is 2. The molecule has 0 saturated heterocycles. The summed E-state index contributed by atoms with van der Waals surface area (Å²) in [5.41, 5.74) is 4.43. The zero-order valence-corrected chi connectivity index (χ0v) is 19.4. The van der Waals surface area contributed by atoms with Gasteiger partial charge in [0.25, 0.3) is 0 Å².